The van der Waals surface area contributed by atoms with Crippen LogP contribution in [0.4, 0.5) is 5.69 Å². The van der Waals surface area contributed by atoms with Gasteiger partial charge in [-0.2, -0.15) is 0 Å². The summed E-state index contributed by atoms with van der Waals surface area (Å²) >= 11 is 6.73. The van der Waals surface area contributed by atoms with Crippen molar-refractivity contribution in [3.05, 3.63) is 89.4 Å². The summed E-state index contributed by atoms with van der Waals surface area (Å²) in [4.78, 5) is 22.9. The number of para-hydroxylation sites is 1. The zero-order valence-electron chi connectivity index (χ0n) is 24.2. The van der Waals surface area contributed by atoms with Crippen molar-refractivity contribution in [1.29, 1.82) is 0 Å². The second kappa shape index (κ2) is 15.0. The zero-order valence-corrected chi connectivity index (χ0v) is 26.6. The van der Waals surface area contributed by atoms with Crippen molar-refractivity contribution >= 4 is 48.0 Å². The van der Waals surface area contributed by atoms with Crippen LogP contribution >= 0.6 is 36.4 Å². The molecule has 1 aromatic heterocycles. The molecule has 3 heterocycles. The number of fused-ring (bicyclic) bond motifs is 3. The molecular weight excluding hydrogens is 603 g/mol. The van der Waals surface area contributed by atoms with Crippen LogP contribution in [0.5, 0.6) is 5.75 Å². The van der Waals surface area contributed by atoms with Crippen molar-refractivity contribution in [2.45, 2.75) is 19.3 Å². The molecule has 0 unspecified atom stereocenters. The minimum absolute atomic E-state index is 0. The maximum absolute atomic E-state index is 12.9. The Kier molecular flexibility index (Phi) is 11.5. The lowest BCUT2D eigenvalue weighted by Crippen LogP contribution is -2.44. The molecule has 0 aliphatic carbocycles. The first kappa shape index (κ1) is 32.8. The Morgan fingerprint density at radius 1 is 0.860 bits per heavy atom. The quantitative estimate of drug-likeness (QED) is 0.203. The van der Waals surface area contributed by atoms with Crippen LogP contribution in [0.1, 0.15) is 18.4 Å². The Morgan fingerprint density at radius 3 is 2.37 bits per heavy atom. The fourth-order valence-corrected chi connectivity index (χ4v) is 5.85. The summed E-state index contributed by atoms with van der Waals surface area (Å²) in [5.74, 6) is 0.643. The lowest BCUT2D eigenvalue weighted by molar-refractivity contribution is -0.115. The highest BCUT2D eigenvalue weighted by Gasteiger charge is 2.24. The molecule has 1 saturated heterocycles. The third kappa shape index (κ3) is 7.69. The summed E-state index contributed by atoms with van der Waals surface area (Å²) in [6.45, 7) is 6.33. The smallest absolute Gasteiger partial charge is 0.228 e. The largest absolute Gasteiger partial charge is 0.492 e. The molecular formula is C34H37Cl3N4O2. The van der Waals surface area contributed by atoms with E-state index in [0.717, 1.165) is 90.5 Å². The maximum Gasteiger partial charge on any atom is 0.228 e. The monoisotopic (exact) mass is 638 g/mol. The number of rotatable bonds is 8. The Labute approximate surface area is 271 Å². The lowest BCUT2D eigenvalue weighted by Gasteiger charge is -2.32. The number of benzene rings is 3. The van der Waals surface area contributed by atoms with Crippen LogP contribution in [0.3, 0.4) is 0 Å². The van der Waals surface area contributed by atoms with Gasteiger partial charge in [0.25, 0.3) is 0 Å². The average Bonchev–Trinajstić information content (AvgIpc) is 3.14. The van der Waals surface area contributed by atoms with E-state index in [1.165, 1.54) is 0 Å². The van der Waals surface area contributed by atoms with E-state index in [2.05, 4.69) is 40.4 Å². The standard InChI is InChI=1S/C34H35ClN4O2.2ClH/c1-38-16-18-39(19-17-38)15-7-8-20-41-32-14-13-25(21-29(32)35)31-22-27(24-9-3-2-4-10-24)28-23-33(40)36-30-12-6-5-11-26(30)34(28)37-31;;/h2-6,9-14,21-22H,7-8,15-20,23H2,1H3,(H,36,40);2*1H. The number of carbonyl (C=O) groups is 1. The number of hydrogen-bond donors (Lipinski definition) is 1. The molecule has 9 heteroatoms. The number of ether oxygens (including phenoxy) is 1. The van der Waals surface area contributed by atoms with Gasteiger partial charge in [0, 0.05) is 37.3 Å². The van der Waals surface area contributed by atoms with Gasteiger partial charge in [0.05, 0.1) is 35.1 Å². The molecule has 1 fully saturated rings. The van der Waals surface area contributed by atoms with Gasteiger partial charge >= 0.3 is 0 Å². The van der Waals surface area contributed by atoms with Gasteiger partial charge in [-0.05, 0) is 73.5 Å². The second-order valence-corrected chi connectivity index (χ2v) is 11.3. The number of carbonyl (C=O) groups excluding carboxylic acids is 1. The van der Waals surface area contributed by atoms with Gasteiger partial charge < -0.3 is 19.9 Å². The summed E-state index contributed by atoms with van der Waals surface area (Å²) in [5.41, 5.74) is 7.16. The van der Waals surface area contributed by atoms with E-state index < -0.39 is 0 Å². The van der Waals surface area contributed by atoms with Gasteiger partial charge in [-0.3, -0.25) is 4.79 Å². The van der Waals surface area contributed by atoms with E-state index in [0.29, 0.717) is 17.4 Å². The molecule has 43 heavy (non-hydrogen) atoms. The van der Waals surface area contributed by atoms with E-state index in [9.17, 15) is 4.79 Å². The van der Waals surface area contributed by atoms with Crippen LogP contribution < -0.4 is 10.1 Å². The Bertz CT molecular complexity index is 1540. The number of hydrogen-bond acceptors (Lipinski definition) is 5. The summed E-state index contributed by atoms with van der Waals surface area (Å²) in [7, 11) is 2.18. The van der Waals surface area contributed by atoms with Gasteiger partial charge in [0.15, 0.2) is 0 Å². The SMILES string of the molecule is CN1CCN(CCCCOc2ccc(-c3cc(-c4ccccc4)c4c(n3)-c3ccccc3NC(=O)C4)cc2Cl)CC1.Cl.Cl. The van der Waals surface area contributed by atoms with Gasteiger partial charge in [-0.1, -0.05) is 60.1 Å². The molecule has 2 aliphatic rings. The van der Waals surface area contributed by atoms with Gasteiger partial charge in [0.2, 0.25) is 5.91 Å². The highest BCUT2D eigenvalue weighted by molar-refractivity contribution is 6.32. The van der Waals surface area contributed by atoms with Crippen molar-refractivity contribution in [3.8, 4) is 39.4 Å². The molecule has 0 bridgehead atoms. The zero-order chi connectivity index (χ0) is 28.2. The number of pyridine rings is 1. The topological polar surface area (TPSA) is 57.7 Å². The van der Waals surface area contributed by atoms with E-state index in [1.807, 2.05) is 60.7 Å². The number of halogens is 3. The molecule has 2 aliphatic heterocycles. The second-order valence-electron chi connectivity index (χ2n) is 10.9. The maximum atomic E-state index is 12.9. The van der Waals surface area contributed by atoms with Crippen LogP contribution in [0.25, 0.3) is 33.6 Å². The summed E-state index contributed by atoms with van der Waals surface area (Å²) in [6.07, 6.45) is 2.35. The number of anilines is 1. The molecule has 1 N–H and O–H groups in total. The number of unbranched alkanes of at least 4 members (excludes halogenated alkanes) is 1. The molecule has 6 rings (SSSR count). The first-order valence-electron chi connectivity index (χ1n) is 14.4. The molecule has 0 spiro atoms. The van der Waals surface area contributed by atoms with Crippen LogP contribution in [-0.2, 0) is 11.2 Å². The number of likely N-dealkylation sites (N-methyl/N-ethyl adjacent to an activating group) is 1. The van der Waals surface area contributed by atoms with Crippen molar-refractivity contribution < 1.29 is 9.53 Å². The molecule has 1 amide bonds. The lowest BCUT2D eigenvalue weighted by atomic mass is 9.92. The van der Waals surface area contributed by atoms with Crippen LogP contribution in [0.2, 0.25) is 5.02 Å². The first-order chi connectivity index (χ1) is 20.0. The minimum atomic E-state index is -0.0454. The molecule has 0 saturated carbocycles. The number of nitrogens with zero attached hydrogens (tertiary/aromatic N) is 3. The van der Waals surface area contributed by atoms with Crippen LogP contribution in [0, 0.1) is 0 Å². The summed E-state index contributed by atoms with van der Waals surface area (Å²) in [5, 5.41) is 3.62. The van der Waals surface area contributed by atoms with Gasteiger partial charge in [-0.15, -0.1) is 24.8 Å². The predicted molar refractivity (Wildman–Crippen MR) is 181 cm³/mol. The molecule has 3 aromatic carbocycles. The minimum Gasteiger partial charge on any atom is -0.492 e. The summed E-state index contributed by atoms with van der Waals surface area (Å²) in [6, 6.07) is 26.0. The van der Waals surface area contributed by atoms with Crippen molar-refractivity contribution in [2.75, 3.05) is 51.7 Å². The van der Waals surface area contributed by atoms with Gasteiger partial charge in [0.1, 0.15) is 5.75 Å². The fraction of sp³-hybridized carbons (Fsp3) is 0.294. The van der Waals surface area contributed by atoms with Gasteiger partial charge in [-0.25, -0.2) is 4.98 Å². The first-order valence-corrected chi connectivity index (χ1v) is 14.7. The molecule has 0 radical (unpaired) electrons. The number of amides is 1. The Balaban J connectivity index is 0.00000212. The van der Waals surface area contributed by atoms with E-state index in [4.69, 9.17) is 21.3 Å². The van der Waals surface area contributed by atoms with Crippen LogP contribution in [0.15, 0.2) is 78.9 Å². The number of aromatic nitrogens is 1. The highest BCUT2D eigenvalue weighted by atomic mass is 35.5. The number of nitrogens with one attached hydrogen (secondary N) is 1. The predicted octanol–water partition coefficient (Wildman–Crippen LogP) is 7.48. The van der Waals surface area contributed by atoms with Crippen molar-refractivity contribution in [2.24, 2.45) is 0 Å². The Hall–Kier alpha value is -3.13. The van der Waals surface area contributed by atoms with Crippen molar-refractivity contribution in [3.63, 3.8) is 0 Å². The fourth-order valence-electron chi connectivity index (χ4n) is 5.62. The molecule has 4 aromatic rings. The van der Waals surface area contributed by atoms with E-state index in [1.54, 1.807) is 0 Å². The third-order valence-corrected chi connectivity index (χ3v) is 8.25. The summed E-state index contributed by atoms with van der Waals surface area (Å²) < 4.78 is 6.07. The third-order valence-electron chi connectivity index (χ3n) is 7.95. The molecule has 6 nitrogen and oxygen atoms in total. The number of piperazine rings is 1. The normalized spacial score (nSPS) is 14.8. The molecule has 0 atom stereocenters. The molecule has 226 valence electrons. The average molecular weight is 640 g/mol. The highest BCUT2D eigenvalue weighted by Crippen LogP contribution is 2.40. The van der Waals surface area contributed by atoms with E-state index >= 15 is 0 Å². The van der Waals surface area contributed by atoms with Crippen LogP contribution in [-0.4, -0.2) is 67.1 Å². The van der Waals surface area contributed by atoms with Crippen molar-refractivity contribution in [1.82, 2.24) is 14.8 Å². The Morgan fingerprint density at radius 2 is 1.60 bits per heavy atom. The van der Waals surface area contributed by atoms with E-state index in [-0.39, 0.29) is 37.1 Å².